The van der Waals surface area contributed by atoms with Crippen LogP contribution in [0.2, 0.25) is 0 Å². The molecule has 0 fully saturated rings. The maximum absolute atomic E-state index is 13.9. The monoisotopic (exact) mass is 262 g/mol. The van der Waals surface area contributed by atoms with Gasteiger partial charge in [-0.15, -0.1) is 0 Å². The van der Waals surface area contributed by atoms with Crippen molar-refractivity contribution < 1.29 is 22.3 Å². The lowest BCUT2D eigenvalue weighted by molar-refractivity contribution is -0.137. The number of hydrogen-bond acceptors (Lipinski definition) is 1. The van der Waals surface area contributed by atoms with Gasteiger partial charge in [0.05, 0.1) is 18.8 Å². The molecule has 1 aliphatic heterocycles. The minimum atomic E-state index is -4.53. The van der Waals surface area contributed by atoms with E-state index in [4.69, 9.17) is 4.74 Å². The average Bonchev–Trinajstić information content (AvgIpc) is 2.26. The van der Waals surface area contributed by atoms with E-state index in [0.717, 1.165) is 6.07 Å². The number of ether oxygens (including phenoxy) is 1. The van der Waals surface area contributed by atoms with Crippen LogP contribution in [0, 0.1) is 11.7 Å². The number of rotatable bonds is 1. The lowest BCUT2D eigenvalue weighted by atomic mass is 9.84. The van der Waals surface area contributed by atoms with Gasteiger partial charge in [0.2, 0.25) is 0 Å². The number of hydrogen-bond donors (Lipinski definition) is 0. The van der Waals surface area contributed by atoms with E-state index in [-0.39, 0.29) is 18.4 Å². The molecule has 1 aromatic carbocycles. The van der Waals surface area contributed by atoms with Crippen LogP contribution < -0.4 is 0 Å². The van der Waals surface area contributed by atoms with E-state index < -0.39 is 17.6 Å². The van der Waals surface area contributed by atoms with E-state index in [1.807, 2.05) is 13.8 Å². The van der Waals surface area contributed by atoms with Crippen LogP contribution in [0.5, 0.6) is 0 Å². The zero-order valence-electron chi connectivity index (χ0n) is 10.1. The van der Waals surface area contributed by atoms with Gasteiger partial charge in [-0.05, 0) is 29.2 Å². The average molecular weight is 262 g/mol. The van der Waals surface area contributed by atoms with Crippen molar-refractivity contribution in [2.45, 2.75) is 32.5 Å². The second-order valence-electron chi connectivity index (χ2n) is 4.89. The Labute approximate surface area is 103 Å². The van der Waals surface area contributed by atoms with Gasteiger partial charge in [-0.25, -0.2) is 4.39 Å². The van der Waals surface area contributed by atoms with Crippen molar-refractivity contribution in [3.63, 3.8) is 0 Å². The van der Waals surface area contributed by atoms with Crippen LogP contribution in [0.3, 0.4) is 0 Å². The van der Waals surface area contributed by atoms with Crippen molar-refractivity contribution in [2.24, 2.45) is 5.92 Å². The highest BCUT2D eigenvalue weighted by atomic mass is 19.4. The van der Waals surface area contributed by atoms with Gasteiger partial charge >= 0.3 is 6.18 Å². The summed E-state index contributed by atoms with van der Waals surface area (Å²) < 4.78 is 56.9. The van der Waals surface area contributed by atoms with Crippen LogP contribution in [0.15, 0.2) is 12.1 Å². The van der Waals surface area contributed by atoms with Crippen LogP contribution in [0.25, 0.3) is 0 Å². The number of benzene rings is 1. The first-order valence-electron chi connectivity index (χ1n) is 5.78. The fourth-order valence-electron chi connectivity index (χ4n) is 2.28. The molecule has 1 nitrogen and oxygen atoms in total. The summed E-state index contributed by atoms with van der Waals surface area (Å²) in [6, 6.07) is 1.58. The van der Waals surface area contributed by atoms with E-state index in [1.54, 1.807) is 0 Å². The fourth-order valence-corrected chi connectivity index (χ4v) is 2.28. The molecule has 0 N–H and O–H groups in total. The molecular formula is C13H14F4O. The van der Waals surface area contributed by atoms with Gasteiger partial charge < -0.3 is 4.74 Å². The summed E-state index contributed by atoms with van der Waals surface area (Å²) in [4.78, 5) is 0. The quantitative estimate of drug-likeness (QED) is 0.692. The maximum atomic E-state index is 13.9. The lowest BCUT2D eigenvalue weighted by Gasteiger charge is -2.29. The van der Waals surface area contributed by atoms with Gasteiger partial charge in [-0.3, -0.25) is 0 Å². The first kappa shape index (κ1) is 13.3. The molecule has 0 radical (unpaired) electrons. The lowest BCUT2D eigenvalue weighted by Crippen LogP contribution is -2.23. The van der Waals surface area contributed by atoms with Crippen molar-refractivity contribution in [3.8, 4) is 0 Å². The molecule has 2 rings (SSSR count). The molecule has 100 valence electrons. The second-order valence-corrected chi connectivity index (χ2v) is 4.89. The Bertz CT molecular complexity index is 451. The molecule has 0 aromatic heterocycles. The van der Waals surface area contributed by atoms with E-state index in [1.165, 1.54) is 0 Å². The van der Waals surface area contributed by atoms with Gasteiger partial charge in [0, 0.05) is 5.92 Å². The molecule has 1 aromatic rings. The zero-order chi connectivity index (χ0) is 13.5. The Hall–Kier alpha value is -1.10. The molecule has 1 unspecified atom stereocenters. The summed E-state index contributed by atoms with van der Waals surface area (Å²) in [6.45, 7) is 4.20. The standard InChI is InChI=1S/C13H14F4O/c1-7(2)10-6-18-5-8-3-9(13(15,16)17)4-11(14)12(8)10/h3-4,7,10H,5-6H2,1-2H3. The Morgan fingerprint density at radius 3 is 2.50 bits per heavy atom. The van der Waals surface area contributed by atoms with Crippen molar-refractivity contribution >= 4 is 0 Å². The van der Waals surface area contributed by atoms with E-state index in [9.17, 15) is 17.6 Å². The van der Waals surface area contributed by atoms with Crippen LogP contribution in [0.1, 0.15) is 36.5 Å². The molecular weight excluding hydrogens is 248 g/mol. The van der Waals surface area contributed by atoms with Crippen molar-refractivity contribution in [1.29, 1.82) is 0 Å². The molecule has 0 amide bonds. The molecule has 0 aliphatic carbocycles. The summed E-state index contributed by atoms with van der Waals surface area (Å²) in [5.41, 5.74) is -0.261. The first-order valence-corrected chi connectivity index (χ1v) is 5.78. The Kier molecular flexibility index (Phi) is 3.36. The third-order valence-electron chi connectivity index (χ3n) is 3.27. The third kappa shape index (κ3) is 2.36. The van der Waals surface area contributed by atoms with Gasteiger partial charge in [0.1, 0.15) is 5.82 Å². The highest BCUT2D eigenvalue weighted by Gasteiger charge is 2.35. The summed E-state index contributed by atoms with van der Waals surface area (Å²) in [6.07, 6.45) is -4.53. The summed E-state index contributed by atoms with van der Waals surface area (Å²) in [5, 5.41) is 0. The molecule has 0 saturated heterocycles. The minimum absolute atomic E-state index is 0.0411. The zero-order valence-corrected chi connectivity index (χ0v) is 10.1. The number of halogens is 4. The van der Waals surface area contributed by atoms with Crippen LogP contribution in [0.4, 0.5) is 17.6 Å². The summed E-state index contributed by atoms with van der Waals surface area (Å²) >= 11 is 0. The van der Waals surface area contributed by atoms with E-state index in [0.29, 0.717) is 23.8 Å². The molecule has 0 spiro atoms. The fraction of sp³-hybridized carbons (Fsp3) is 0.538. The van der Waals surface area contributed by atoms with E-state index in [2.05, 4.69) is 0 Å². The van der Waals surface area contributed by atoms with Gasteiger partial charge in [0.25, 0.3) is 0 Å². The van der Waals surface area contributed by atoms with Crippen LogP contribution in [-0.4, -0.2) is 6.61 Å². The molecule has 1 heterocycles. The third-order valence-corrected chi connectivity index (χ3v) is 3.27. The molecule has 18 heavy (non-hydrogen) atoms. The van der Waals surface area contributed by atoms with Gasteiger partial charge in [-0.1, -0.05) is 13.8 Å². The maximum Gasteiger partial charge on any atom is 0.416 e. The normalized spacial score (nSPS) is 20.1. The van der Waals surface area contributed by atoms with Crippen molar-refractivity contribution in [2.75, 3.05) is 6.61 Å². The highest BCUT2D eigenvalue weighted by molar-refractivity contribution is 5.38. The predicted molar refractivity (Wildman–Crippen MR) is 58.6 cm³/mol. The SMILES string of the molecule is CC(C)C1COCc2cc(C(F)(F)F)cc(F)c21. The second kappa shape index (κ2) is 4.53. The van der Waals surface area contributed by atoms with Crippen molar-refractivity contribution in [1.82, 2.24) is 0 Å². The summed E-state index contributed by atoms with van der Waals surface area (Å²) in [7, 11) is 0. The molecule has 0 bridgehead atoms. The largest absolute Gasteiger partial charge is 0.416 e. The Morgan fingerprint density at radius 1 is 1.28 bits per heavy atom. The Morgan fingerprint density at radius 2 is 1.94 bits per heavy atom. The first-order chi connectivity index (χ1) is 8.30. The van der Waals surface area contributed by atoms with Crippen LogP contribution >= 0.6 is 0 Å². The molecule has 0 saturated carbocycles. The number of alkyl halides is 3. The Balaban J connectivity index is 2.52. The summed E-state index contributed by atoms with van der Waals surface area (Å²) in [5.74, 6) is -0.840. The topological polar surface area (TPSA) is 9.23 Å². The van der Waals surface area contributed by atoms with Gasteiger partial charge in [0.15, 0.2) is 0 Å². The van der Waals surface area contributed by atoms with Crippen LogP contribution in [-0.2, 0) is 17.5 Å². The molecule has 1 atom stereocenters. The molecule has 5 heteroatoms. The van der Waals surface area contributed by atoms with Gasteiger partial charge in [-0.2, -0.15) is 13.2 Å². The predicted octanol–water partition coefficient (Wildman–Crippen LogP) is 4.11. The smallest absolute Gasteiger partial charge is 0.376 e. The number of fused-ring (bicyclic) bond motifs is 1. The minimum Gasteiger partial charge on any atom is -0.376 e. The van der Waals surface area contributed by atoms with Crippen molar-refractivity contribution in [3.05, 3.63) is 34.6 Å². The molecule has 1 aliphatic rings. The highest BCUT2D eigenvalue weighted by Crippen LogP contribution is 2.38. The van der Waals surface area contributed by atoms with E-state index >= 15 is 0 Å².